The molecule has 0 radical (unpaired) electrons. The van der Waals surface area contributed by atoms with E-state index in [0.29, 0.717) is 11.6 Å². The van der Waals surface area contributed by atoms with Crippen LogP contribution in [-0.2, 0) is 6.54 Å². The second-order valence-corrected chi connectivity index (χ2v) is 5.97. The van der Waals surface area contributed by atoms with Crippen LogP contribution >= 0.6 is 23.2 Å². The van der Waals surface area contributed by atoms with Gasteiger partial charge in [-0.2, -0.15) is 0 Å². The van der Waals surface area contributed by atoms with Crippen LogP contribution in [0, 0.1) is 0 Å². The molecule has 24 heavy (non-hydrogen) atoms. The lowest BCUT2D eigenvalue weighted by molar-refractivity contribution is 0.0697. The van der Waals surface area contributed by atoms with Crippen molar-refractivity contribution in [1.82, 2.24) is 0 Å². The highest BCUT2D eigenvalue weighted by molar-refractivity contribution is 6.33. The average molecular weight is 362 g/mol. The lowest BCUT2D eigenvalue weighted by Gasteiger charge is -2.06. The smallest absolute Gasteiger partial charge is 0.337 e. The maximum atomic E-state index is 10.9. The van der Waals surface area contributed by atoms with E-state index in [4.69, 9.17) is 32.7 Å². The van der Waals surface area contributed by atoms with Crippen LogP contribution in [0.15, 0.2) is 59.0 Å². The maximum absolute atomic E-state index is 10.9. The molecule has 2 N–H and O–H groups in total. The Kier molecular flexibility index (Phi) is 4.79. The molecule has 3 rings (SSSR count). The quantitative estimate of drug-likeness (QED) is 0.623. The summed E-state index contributed by atoms with van der Waals surface area (Å²) >= 11 is 11.8. The second kappa shape index (κ2) is 6.99. The largest absolute Gasteiger partial charge is 0.478 e. The van der Waals surface area contributed by atoms with Gasteiger partial charge in [-0.3, -0.25) is 0 Å². The van der Waals surface area contributed by atoms with Crippen molar-refractivity contribution in [2.45, 2.75) is 6.54 Å². The van der Waals surface area contributed by atoms with E-state index >= 15 is 0 Å². The number of nitrogens with one attached hydrogen (secondary N) is 1. The Bertz CT molecular complexity index is 872. The number of halogens is 2. The third kappa shape index (κ3) is 3.72. The fourth-order valence-corrected chi connectivity index (χ4v) is 2.62. The standard InChI is InChI=1S/C18H13Cl2NO3/c19-12-3-1-11(2-4-12)17-8-6-14(24-17)10-21-13-5-7-15(18(22)23)16(20)9-13/h1-9,21H,10H2,(H,22,23). The number of anilines is 1. The predicted octanol–water partition coefficient (Wildman–Crippen LogP) is 5.56. The van der Waals surface area contributed by atoms with Gasteiger partial charge in [0.05, 0.1) is 17.1 Å². The number of hydrogen-bond acceptors (Lipinski definition) is 3. The van der Waals surface area contributed by atoms with E-state index in [9.17, 15) is 4.79 Å². The number of carboxylic acids is 1. The molecule has 0 amide bonds. The summed E-state index contributed by atoms with van der Waals surface area (Å²) in [5.74, 6) is 0.450. The minimum Gasteiger partial charge on any atom is -0.478 e. The average Bonchev–Trinajstić information content (AvgIpc) is 3.02. The fraction of sp³-hybridized carbons (Fsp3) is 0.0556. The van der Waals surface area contributed by atoms with Crippen molar-refractivity contribution in [3.8, 4) is 11.3 Å². The first-order valence-corrected chi connectivity index (χ1v) is 7.90. The van der Waals surface area contributed by atoms with Crippen molar-refractivity contribution >= 4 is 34.9 Å². The van der Waals surface area contributed by atoms with Crippen molar-refractivity contribution in [1.29, 1.82) is 0 Å². The molecule has 1 aromatic heterocycles. The van der Waals surface area contributed by atoms with Crippen LogP contribution in [0.1, 0.15) is 16.1 Å². The van der Waals surface area contributed by atoms with Crippen molar-refractivity contribution in [3.05, 3.63) is 76.0 Å². The molecule has 0 aliphatic heterocycles. The van der Waals surface area contributed by atoms with E-state index in [1.807, 2.05) is 36.4 Å². The van der Waals surface area contributed by atoms with Crippen LogP contribution in [0.2, 0.25) is 10.0 Å². The number of aromatic carboxylic acids is 1. The minimum absolute atomic E-state index is 0.0743. The Labute approximate surface area is 148 Å². The van der Waals surface area contributed by atoms with Crippen LogP contribution in [0.4, 0.5) is 5.69 Å². The van der Waals surface area contributed by atoms with Gasteiger partial charge < -0.3 is 14.8 Å². The number of rotatable bonds is 5. The van der Waals surface area contributed by atoms with E-state index in [0.717, 1.165) is 22.8 Å². The molecule has 0 aliphatic rings. The molecule has 0 atom stereocenters. The summed E-state index contributed by atoms with van der Waals surface area (Å²) in [6.07, 6.45) is 0. The summed E-state index contributed by atoms with van der Waals surface area (Å²) < 4.78 is 5.79. The highest BCUT2D eigenvalue weighted by Crippen LogP contribution is 2.25. The van der Waals surface area contributed by atoms with Gasteiger partial charge in [0.15, 0.2) is 0 Å². The topological polar surface area (TPSA) is 62.5 Å². The van der Waals surface area contributed by atoms with E-state index in [-0.39, 0.29) is 10.6 Å². The molecule has 0 fully saturated rings. The molecule has 0 saturated heterocycles. The zero-order valence-corrected chi connectivity index (χ0v) is 13.9. The van der Waals surface area contributed by atoms with Gasteiger partial charge in [-0.25, -0.2) is 4.79 Å². The summed E-state index contributed by atoms with van der Waals surface area (Å²) in [5, 5.41) is 13.0. The Morgan fingerprint density at radius 2 is 1.79 bits per heavy atom. The SMILES string of the molecule is O=C(O)c1ccc(NCc2ccc(-c3ccc(Cl)cc3)o2)cc1Cl. The summed E-state index contributed by atoms with van der Waals surface area (Å²) in [7, 11) is 0. The van der Waals surface area contributed by atoms with Crippen molar-refractivity contribution < 1.29 is 14.3 Å². The van der Waals surface area contributed by atoms with E-state index in [1.54, 1.807) is 12.1 Å². The number of carboxylic acid groups (broad SMARTS) is 1. The molecule has 3 aromatic rings. The Morgan fingerprint density at radius 1 is 1.04 bits per heavy atom. The Morgan fingerprint density at radius 3 is 2.46 bits per heavy atom. The molecule has 0 aliphatic carbocycles. The van der Waals surface area contributed by atoms with Crippen LogP contribution < -0.4 is 5.32 Å². The summed E-state index contributed by atoms with van der Waals surface area (Å²) in [4.78, 5) is 10.9. The third-order valence-electron chi connectivity index (χ3n) is 3.46. The molecular formula is C18H13Cl2NO3. The zero-order chi connectivity index (χ0) is 17.1. The monoisotopic (exact) mass is 361 g/mol. The van der Waals surface area contributed by atoms with Gasteiger partial charge in [0.2, 0.25) is 0 Å². The number of benzene rings is 2. The highest BCUT2D eigenvalue weighted by atomic mass is 35.5. The molecule has 122 valence electrons. The summed E-state index contributed by atoms with van der Waals surface area (Å²) in [6, 6.07) is 15.9. The zero-order valence-electron chi connectivity index (χ0n) is 12.4. The van der Waals surface area contributed by atoms with Gasteiger partial charge >= 0.3 is 5.97 Å². The molecular weight excluding hydrogens is 349 g/mol. The Balaban J connectivity index is 1.68. The molecule has 0 spiro atoms. The van der Waals surface area contributed by atoms with E-state index in [2.05, 4.69) is 5.32 Å². The molecule has 0 bridgehead atoms. The first-order chi connectivity index (χ1) is 11.5. The summed E-state index contributed by atoms with van der Waals surface area (Å²) in [6.45, 7) is 0.455. The van der Waals surface area contributed by atoms with Crippen LogP contribution in [-0.4, -0.2) is 11.1 Å². The van der Waals surface area contributed by atoms with Crippen LogP contribution in [0.25, 0.3) is 11.3 Å². The lowest BCUT2D eigenvalue weighted by Crippen LogP contribution is -2.01. The molecule has 2 aromatic carbocycles. The van der Waals surface area contributed by atoms with Crippen molar-refractivity contribution in [3.63, 3.8) is 0 Å². The summed E-state index contributed by atoms with van der Waals surface area (Å²) in [5.41, 5.74) is 1.74. The number of hydrogen-bond donors (Lipinski definition) is 2. The normalized spacial score (nSPS) is 10.6. The lowest BCUT2D eigenvalue weighted by atomic mass is 10.2. The third-order valence-corrected chi connectivity index (χ3v) is 4.02. The van der Waals surface area contributed by atoms with Gasteiger partial charge in [-0.05, 0) is 54.6 Å². The molecule has 0 saturated carbocycles. The van der Waals surface area contributed by atoms with Crippen molar-refractivity contribution in [2.24, 2.45) is 0 Å². The first kappa shape index (κ1) is 16.4. The number of furan rings is 1. The second-order valence-electron chi connectivity index (χ2n) is 5.13. The van der Waals surface area contributed by atoms with Gasteiger partial charge in [0, 0.05) is 16.3 Å². The number of carbonyl (C=O) groups is 1. The first-order valence-electron chi connectivity index (χ1n) is 7.14. The Hall–Kier alpha value is -2.43. The molecule has 6 heteroatoms. The van der Waals surface area contributed by atoms with Gasteiger partial charge in [0.1, 0.15) is 11.5 Å². The molecule has 1 heterocycles. The van der Waals surface area contributed by atoms with Crippen molar-refractivity contribution in [2.75, 3.05) is 5.32 Å². The minimum atomic E-state index is -1.05. The van der Waals surface area contributed by atoms with Gasteiger partial charge in [-0.1, -0.05) is 23.2 Å². The highest BCUT2D eigenvalue weighted by Gasteiger charge is 2.09. The predicted molar refractivity (Wildman–Crippen MR) is 94.9 cm³/mol. The maximum Gasteiger partial charge on any atom is 0.337 e. The van der Waals surface area contributed by atoms with Gasteiger partial charge in [0.25, 0.3) is 0 Å². The van der Waals surface area contributed by atoms with Gasteiger partial charge in [-0.15, -0.1) is 0 Å². The van der Waals surface area contributed by atoms with Crippen LogP contribution in [0.5, 0.6) is 0 Å². The fourth-order valence-electron chi connectivity index (χ4n) is 2.23. The van der Waals surface area contributed by atoms with Crippen LogP contribution in [0.3, 0.4) is 0 Å². The molecule has 0 unspecified atom stereocenters. The molecule has 4 nitrogen and oxygen atoms in total. The van der Waals surface area contributed by atoms with E-state index in [1.165, 1.54) is 6.07 Å². The van der Waals surface area contributed by atoms with E-state index < -0.39 is 5.97 Å².